The van der Waals surface area contributed by atoms with E-state index in [1.54, 1.807) is 4.90 Å². The van der Waals surface area contributed by atoms with Gasteiger partial charge in [0.05, 0.1) is 0 Å². The highest BCUT2D eigenvalue weighted by molar-refractivity contribution is 5.77. The van der Waals surface area contributed by atoms with Gasteiger partial charge in [0.2, 0.25) is 11.8 Å². The second-order valence-corrected chi connectivity index (χ2v) is 7.50. The fraction of sp³-hybridized carbons (Fsp3) is 0.600. The van der Waals surface area contributed by atoms with Gasteiger partial charge in [0.1, 0.15) is 0 Å². The highest BCUT2D eigenvalue weighted by atomic mass is 16.2. The molecule has 2 amide bonds. The van der Waals surface area contributed by atoms with Crippen molar-refractivity contribution in [2.45, 2.75) is 50.4 Å². The van der Waals surface area contributed by atoms with E-state index < -0.39 is 0 Å². The van der Waals surface area contributed by atoms with Crippen LogP contribution in [0.15, 0.2) is 24.3 Å². The Bertz CT molecular complexity index is 630. The minimum atomic E-state index is 0.151. The van der Waals surface area contributed by atoms with Gasteiger partial charge in [0.25, 0.3) is 0 Å². The minimum Gasteiger partial charge on any atom is -0.349 e. The third kappa shape index (κ3) is 2.94. The van der Waals surface area contributed by atoms with Gasteiger partial charge in [-0.2, -0.15) is 0 Å². The third-order valence-corrected chi connectivity index (χ3v) is 5.90. The minimum absolute atomic E-state index is 0.151. The number of piperidine rings is 1. The summed E-state index contributed by atoms with van der Waals surface area (Å²) >= 11 is 0. The zero-order valence-electron chi connectivity index (χ0n) is 15.0. The molecule has 0 N–H and O–H groups in total. The lowest BCUT2D eigenvalue weighted by Crippen LogP contribution is -2.44. The van der Waals surface area contributed by atoms with Crippen molar-refractivity contribution >= 4 is 11.8 Å². The van der Waals surface area contributed by atoms with Crippen LogP contribution in [0.3, 0.4) is 0 Å². The molecule has 0 unspecified atom stereocenters. The van der Waals surface area contributed by atoms with E-state index in [1.165, 1.54) is 11.1 Å². The molecule has 0 aromatic heterocycles. The van der Waals surface area contributed by atoms with Crippen molar-refractivity contribution in [3.63, 3.8) is 0 Å². The maximum atomic E-state index is 12.2. The van der Waals surface area contributed by atoms with Gasteiger partial charge in [-0.05, 0) is 41.7 Å². The van der Waals surface area contributed by atoms with Crippen molar-refractivity contribution in [3.8, 4) is 0 Å². The smallest absolute Gasteiger partial charge is 0.222 e. The number of hydrogen-bond donors (Lipinski definition) is 0. The van der Waals surface area contributed by atoms with E-state index in [1.807, 2.05) is 25.9 Å². The summed E-state index contributed by atoms with van der Waals surface area (Å²) < 4.78 is 0. The van der Waals surface area contributed by atoms with Gasteiger partial charge >= 0.3 is 0 Å². The van der Waals surface area contributed by atoms with Crippen LogP contribution < -0.4 is 0 Å². The van der Waals surface area contributed by atoms with Crippen molar-refractivity contribution in [2.75, 3.05) is 27.2 Å². The van der Waals surface area contributed by atoms with Gasteiger partial charge < -0.3 is 9.80 Å². The topological polar surface area (TPSA) is 40.6 Å². The molecule has 1 aromatic carbocycles. The highest BCUT2D eigenvalue weighted by Crippen LogP contribution is 2.52. The molecule has 0 bridgehead atoms. The second kappa shape index (κ2) is 6.58. The fourth-order valence-electron chi connectivity index (χ4n) is 4.48. The third-order valence-electron chi connectivity index (χ3n) is 5.90. The Morgan fingerprint density at radius 3 is 2.50 bits per heavy atom. The molecule has 1 spiro atoms. The monoisotopic (exact) mass is 328 g/mol. The maximum Gasteiger partial charge on any atom is 0.222 e. The van der Waals surface area contributed by atoms with E-state index in [-0.39, 0.29) is 17.2 Å². The van der Waals surface area contributed by atoms with Gasteiger partial charge in [0, 0.05) is 40.0 Å². The molecule has 3 rings (SSSR count). The summed E-state index contributed by atoms with van der Waals surface area (Å²) in [5.41, 5.74) is 2.92. The summed E-state index contributed by atoms with van der Waals surface area (Å²) in [5.74, 6) is 0.769. The molecular weight excluding hydrogens is 300 g/mol. The molecular formula is C20H28N2O2. The molecule has 130 valence electrons. The molecule has 1 heterocycles. The molecule has 24 heavy (non-hydrogen) atoms. The van der Waals surface area contributed by atoms with Gasteiger partial charge in [0.15, 0.2) is 0 Å². The van der Waals surface area contributed by atoms with Crippen molar-refractivity contribution in [2.24, 2.45) is 0 Å². The van der Waals surface area contributed by atoms with Crippen LogP contribution in [0.4, 0.5) is 0 Å². The molecule has 0 radical (unpaired) electrons. The SMILES string of the molecule is CCC(=O)N1CCC2(CC1)C[C@H](CC(=O)N(C)C)c1ccccc12. The molecule has 1 saturated heterocycles. The first-order chi connectivity index (χ1) is 11.5. The number of fused-ring (bicyclic) bond motifs is 2. The summed E-state index contributed by atoms with van der Waals surface area (Å²) in [6, 6.07) is 8.63. The first-order valence-corrected chi connectivity index (χ1v) is 9.04. The maximum absolute atomic E-state index is 12.2. The lowest BCUT2D eigenvalue weighted by molar-refractivity contribution is -0.132. The Hall–Kier alpha value is -1.84. The molecule has 4 heteroatoms. The van der Waals surface area contributed by atoms with Crippen LogP contribution >= 0.6 is 0 Å². The van der Waals surface area contributed by atoms with E-state index in [0.717, 1.165) is 32.4 Å². The van der Waals surface area contributed by atoms with E-state index >= 15 is 0 Å². The largest absolute Gasteiger partial charge is 0.349 e. The predicted molar refractivity (Wildman–Crippen MR) is 94.9 cm³/mol. The molecule has 1 fully saturated rings. The number of carbonyl (C=O) groups is 2. The summed E-state index contributed by atoms with van der Waals surface area (Å²) in [4.78, 5) is 27.9. The Morgan fingerprint density at radius 1 is 1.21 bits per heavy atom. The van der Waals surface area contributed by atoms with Crippen LogP contribution in [0, 0.1) is 0 Å². The number of carbonyl (C=O) groups excluding carboxylic acids is 2. The first-order valence-electron chi connectivity index (χ1n) is 9.04. The van der Waals surface area contributed by atoms with Crippen molar-refractivity contribution in [3.05, 3.63) is 35.4 Å². The standard InChI is InChI=1S/C20H28N2O2/c1-4-18(23)22-11-9-20(10-12-22)14-15(13-19(24)21(2)3)16-7-5-6-8-17(16)20/h5-8,15H,4,9-14H2,1-3H3/t15-/m0/s1. The van der Waals surface area contributed by atoms with Gasteiger partial charge in [-0.1, -0.05) is 31.2 Å². The van der Waals surface area contributed by atoms with Crippen LogP contribution in [0.2, 0.25) is 0 Å². The number of hydrogen-bond acceptors (Lipinski definition) is 2. The molecule has 1 aliphatic heterocycles. The van der Waals surface area contributed by atoms with Crippen molar-refractivity contribution in [1.29, 1.82) is 0 Å². The Kier molecular flexibility index (Phi) is 4.66. The molecule has 4 nitrogen and oxygen atoms in total. The van der Waals surface area contributed by atoms with Crippen LogP contribution in [-0.4, -0.2) is 48.8 Å². The average molecular weight is 328 g/mol. The molecule has 0 saturated carbocycles. The molecule has 1 aromatic rings. The summed E-state index contributed by atoms with van der Waals surface area (Å²) in [6.45, 7) is 3.62. The fourth-order valence-corrected chi connectivity index (χ4v) is 4.48. The normalized spacial score (nSPS) is 21.6. The summed E-state index contributed by atoms with van der Waals surface area (Å²) in [5, 5.41) is 0. The second-order valence-electron chi connectivity index (χ2n) is 7.50. The average Bonchev–Trinajstić information content (AvgIpc) is 2.89. The lowest BCUT2D eigenvalue weighted by Gasteiger charge is -2.40. The lowest BCUT2D eigenvalue weighted by atomic mass is 9.73. The zero-order valence-corrected chi connectivity index (χ0v) is 15.0. The van der Waals surface area contributed by atoms with E-state index in [2.05, 4.69) is 24.3 Å². The van der Waals surface area contributed by atoms with E-state index in [0.29, 0.717) is 18.8 Å². The Morgan fingerprint density at radius 2 is 1.88 bits per heavy atom. The van der Waals surface area contributed by atoms with Crippen LogP contribution in [0.25, 0.3) is 0 Å². The Labute approximate surface area is 144 Å². The number of amides is 2. The van der Waals surface area contributed by atoms with Crippen molar-refractivity contribution < 1.29 is 9.59 Å². The van der Waals surface area contributed by atoms with Crippen LogP contribution in [-0.2, 0) is 15.0 Å². The number of likely N-dealkylation sites (tertiary alicyclic amines) is 1. The van der Waals surface area contributed by atoms with E-state index in [4.69, 9.17) is 0 Å². The zero-order chi connectivity index (χ0) is 17.3. The number of rotatable bonds is 3. The molecule has 1 atom stereocenters. The predicted octanol–water partition coefficient (Wildman–Crippen LogP) is 2.92. The van der Waals surface area contributed by atoms with Gasteiger partial charge in [-0.15, -0.1) is 0 Å². The number of nitrogens with zero attached hydrogens (tertiary/aromatic N) is 2. The highest BCUT2D eigenvalue weighted by Gasteiger charge is 2.46. The van der Waals surface area contributed by atoms with Gasteiger partial charge in [-0.3, -0.25) is 9.59 Å². The van der Waals surface area contributed by atoms with Crippen LogP contribution in [0.1, 0.15) is 56.1 Å². The summed E-state index contributed by atoms with van der Waals surface area (Å²) in [6.07, 6.45) is 4.25. The first kappa shape index (κ1) is 17.0. The van der Waals surface area contributed by atoms with Crippen molar-refractivity contribution in [1.82, 2.24) is 9.80 Å². The van der Waals surface area contributed by atoms with E-state index in [9.17, 15) is 9.59 Å². The summed E-state index contributed by atoms with van der Waals surface area (Å²) in [7, 11) is 3.65. The number of benzene rings is 1. The quantitative estimate of drug-likeness (QED) is 0.856. The molecule has 2 aliphatic rings. The van der Waals surface area contributed by atoms with Gasteiger partial charge in [-0.25, -0.2) is 0 Å². The Balaban J connectivity index is 1.81. The molecule has 1 aliphatic carbocycles. The van der Waals surface area contributed by atoms with Crippen LogP contribution in [0.5, 0.6) is 0 Å².